The van der Waals surface area contributed by atoms with E-state index in [2.05, 4.69) is 4.98 Å². The Morgan fingerprint density at radius 2 is 2.00 bits per heavy atom. The van der Waals surface area contributed by atoms with Crippen LogP contribution in [-0.4, -0.2) is 34.0 Å². The molecule has 0 radical (unpaired) electrons. The van der Waals surface area contributed by atoms with Gasteiger partial charge in [-0.1, -0.05) is 12.1 Å². The fourth-order valence-electron chi connectivity index (χ4n) is 2.66. The lowest BCUT2D eigenvalue weighted by Crippen LogP contribution is -2.60. The molecule has 3 rings (SSSR count). The van der Waals surface area contributed by atoms with E-state index in [1.807, 2.05) is 0 Å². The molecule has 0 unspecified atom stereocenters. The SMILES string of the molecule is NC(=O)c1cc([N+](=O)[O-])cnc1N1CC(O)(c2ccc(F)cc2)C1. The summed E-state index contributed by atoms with van der Waals surface area (Å²) < 4.78 is 13.0. The van der Waals surface area contributed by atoms with Crippen molar-refractivity contribution in [2.75, 3.05) is 18.0 Å². The monoisotopic (exact) mass is 332 g/mol. The van der Waals surface area contributed by atoms with Gasteiger partial charge in [-0.25, -0.2) is 9.37 Å². The Balaban J connectivity index is 1.86. The normalized spacial score (nSPS) is 15.7. The quantitative estimate of drug-likeness (QED) is 0.634. The van der Waals surface area contributed by atoms with Crippen LogP contribution in [0, 0.1) is 15.9 Å². The summed E-state index contributed by atoms with van der Waals surface area (Å²) in [5.74, 6) is -1.09. The largest absolute Gasteiger partial charge is 0.381 e. The number of pyridine rings is 1. The van der Waals surface area contributed by atoms with E-state index in [4.69, 9.17) is 5.73 Å². The maximum atomic E-state index is 13.0. The Hall–Kier alpha value is -3.07. The summed E-state index contributed by atoms with van der Waals surface area (Å²) in [5.41, 5.74) is 4.14. The van der Waals surface area contributed by atoms with E-state index < -0.39 is 22.2 Å². The van der Waals surface area contributed by atoms with Crippen molar-refractivity contribution in [2.45, 2.75) is 5.60 Å². The van der Waals surface area contributed by atoms with Crippen LogP contribution in [-0.2, 0) is 5.60 Å². The van der Waals surface area contributed by atoms with Crippen LogP contribution in [0.3, 0.4) is 0 Å². The molecule has 1 aliphatic heterocycles. The average Bonchev–Trinajstić information content (AvgIpc) is 2.51. The van der Waals surface area contributed by atoms with Gasteiger partial charge >= 0.3 is 0 Å². The number of halogens is 1. The van der Waals surface area contributed by atoms with Crippen molar-refractivity contribution in [3.63, 3.8) is 0 Å². The molecule has 124 valence electrons. The van der Waals surface area contributed by atoms with Crippen molar-refractivity contribution in [1.29, 1.82) is 0 Å². The van der Waals surface area contributed by atoms with E-state index >= 15 is 0 Å². The Bertz CT molecular complexity index is 819. The molecule has 0 aliphatic carbocycles. The molecule has 1 fully saturated rings. The van der Waals surface area contributed by atoms with Gasteiger partial charge in [0.2, 0.25) is 0 Å². The highest BCUT2D eigenvalue weighted by molar-refractivity contribution is 5.98. The molecule has 1 aliphatic rings. The van der Waals surface area contributed by atoms with Crippen LogP contribution >= 0.6 is 0 Å². The van der Waals surface area contributed by atoms with E-state index in [9.17, 15) is 24.4 Å². The molecule has 1 amide bonds. The highest BCUT2D eigenvalue weighted by Crippen LogP contribution is 2.36. The molecular formula is C15H13FN4O4. The van der Waals surface area contributed by atoms with Crippen LogP contribution in [0.15, 0.2) is 36.5 Å². The first-order valence-corrected chi connectivity index (χ1v) is 6.98. The Kier molecular flexibility index (Phi) is 3.64. The Labute approximate surface area is 135 Å². The summed E-state index contributed by atoms with van der Waals surface area (Å²) in [6, 6.07) is 6.50. The number of hydrogen-bond acceptors (Lipinski definition) is 6. The van der Waals surface area contributed by atoms with Gasteiger partial charge in [0.25, 0.3) is 11.6 Å². The van der Waals surface area contributed by atoms with Crippen molar-refractivity contribution in [1.82, 2.24) is 4.98 Å². The van der Waals surface area contributed by atoms with E-state index in [-0.39, 0.29) is 30.2 Å². The zero-order chi connectivity index (χ0) is 17.5. The number of carbonyl (C=O) groups is 1. The number of aliphatic hydroxyl groups is 1. The third-order valence-electron chi connectivity index (χ3n) is 3.91. The highest BCUT2D eigenvalue weighted by atomic mass is 19.1. The molecule has 9 heteroatoms. The lowest BCUT2D eigenvalue weighted by molar-refractivity contribution is -0.385. The van der Waals surface area contributed by atoms with Crippen molar-refractivity contribution < 1.29 is 19.2 Å². The molecule has 0 atom stereocenters. The molecule has 1 aromatic heterocycles. The van der Waals surface area contributed by atoms with Crippen LogP contribution < -0.4 is 10.6 Å². The Morgan fingerprint density at radius 3 is 2.54 bits per heavy atom. The zero-order valence-corrected chi connectivity index (χ0v) is 12.3. The maximum absolute atomic E-state index is 13.0. The van der Waals surface area contributed by atoms with E-state index in [1.165, 1.54) is 24.3 Å². The first-order valence-electron chi connectivity index (χ1n) is 6.98. The molecule has 2 aromatic rings. The van der Waals surface area contributed by atoms with Gasteiger partial charge in [-0.3, -0.25) is 14.9 Å². The zero-order valence-electron chi connectivity index (χ0n) is 12.3. The molecule has 2 heterocycles. The van der Waals surface area contributed by atoms with Crippen LogP contribution in [0.25, 0.3) is 0 Å². The number of benzene rings is 1. The minimum atomic E-state index is -1.22. The van der Waals surface area contributed by atoms with E-state index in [0.717, 1.165) is 12.3 Å². The van der Waals surface area contributed by atoms with Crippen LogP contribution in [0.5, 0.6) is 0 Å². The lowest BCUT2D eigenvalue weighted by atomic mass is 9.86. The predicted molar refractivity (Wildman–Crippen MR) is 81.9 cm³/mol. The summed E-state index contributed by atoms with van der Waals surface area (Å²) in [6.07, 6.45) is 1.02. The van der Waals surface area contributed by atoms with Gasteiger partial charge in [-0.15, -0.1) is 0 Å². The van der Waals surface area contributed by atoms with E-state index in [1.54, 1.807) is 4.90 Å². The molecule has 1 saturated heterocycles. The molecule has 1 aromatic carbocycles. The van der Waals surface area contributed by atoms with Gasteiger partial charge in [-0.2, -0.15) is 0 Å². The number of primary amides is 1. The first kappa shape index (κ1) is 15.8. The number of rotatable bonds is 4. The number of anilines is 1. The topological polar surface area (TPSA) is 123 Å². The minimum Gasteiger partial charge on any atom is -0.381 e. The molecular weight excluding hydrogens is 319 g/mol. The summed E-state index contributed by atoms with van der Waals surface area (Å²) in [5, 5.41) is 21.3. The van der Waals surface area contributed by atoms with Crippen molar-refractivity contribution in [3.05, 3.63) is 63.6 Å². The standard InChI is InChI=1S/C15H13FN4O4/c16-10-3-1-9(2-4-10)15(22)7-19(8-15)14-12(13(17)21)5-11(6-18-14)20(23)24/h1-6,22H,7-8H2,(H2,17,21). The van der Waals surface area contributed by atoms with Gasteiger partial charge < -0.3 is 15.7 Å². The summed E-state index contributed by atoms with van der Waals surface area (Å²) in [4.78, 5) is 27.2. The molecule has 3 N–H and O–H groups in total. The number of hydrogen-bond donors (Lipinski definition) is 2. The Morgan fingerprint density at radius 1 is 1.38 bits per heavy atom. The summed E-state index contributed by atoms with van der Waals surface area (Å²) in [6.45, 7) is 0.202. The third-order valence-corrected chi connectivity index (χ3v) is 3.91. The number of carbonyl (C=O) groups excluding carboxylic acids is 1. The van der Waals surface area contributed by atoms with Crippen molar-refractivity contribution >= 4 is 17.4 Å². The highest BCUT2D eigenvalue weighted by Gasteiger charge is 2.44. The van der Waals surface area contributed by atoms with Gasteiger partial charge in [0.05, 0.1) is 23.6 Å². The molecule has 0 saturated carbocycles. The number of nitro groups is 1. The second-order valence-electron chi connectivity index (χ2n) is 5.58. The maximum Gasteiger partial charge on any atom is 0.288 e. The van der Waals surface area contributed by atoms with Crippen LogP contribution in [0.1, 0.15) is 15.9 Å². The van der Waals surface area contributed by atoms with E-state index in [0.29, 0.717) is 5.56 Å². The first-order chi connectivity index (χ1) is 11.3. The van der Waals surface area contributed by atoms with Crippen LogP contribution in [0.2, 0.25) is 0 Å². The number of nitrogens with zero attached hydrogens (tertiary/aromatic N) is 3. The van der Waals surface area contributed by atoms with Gasteiger partial charge in [-0.05, 0) is 17.7 Å². The second kappa shape index (κ2) is 5.53. The van der Waals surface area contributed by atoms with Gasteiger partial charge in [0, 0.05) is 6.07 Å². The lowest BCUT2D eigenvalue weighted by Gasteiger charge is -2.47. The number of nitrogens with two attached hydrogens (primary N) is 1. The average molecular weight is 332 g/mol. The van der Waals surface area contributed by atoms with Crippen molar-refractivity contribution in [3.8, 4) is 0 Å². The molecule has 0 bridgehead atoms. The molecule has 24 heavy (non-hydrogen) atoms. The van der Waals surface area contributed by atoms with Crippen LogP contribution in [0.4, 0.5) is 15.9 Å². The number of aromatic nitrogens is 1. The van der Waals surface area contributed by atoms with Gasteiger partial charge in [0.15, 0.2) is 0 Å². The fourth-order valence-corrected chi connectivity index (χ4v) is 2.66. The van der Waals surface area contributed by atoms with Gasteiger partial charge in [0.1, 0.15) is 23.4 Å². The summed E-state index contributed by atoms with van der Waals surface area (Å²) in [7, 11) is 0. The smallest absolute Gasteiger partial charge is 0.288 e. The summed E-state index contributed by atoms with van der Waals surface area (Å²) >= 11 is 0. The fraction of sp³-hybridized carbons (Fsp3) is 0.200. The number of amides is 1. The minimum absolute atomic E-state index is 0.0923. The molecule has 0 spiro atoms. The van der Waals surface area contributed by atoms with Crippen molar-refractivity contribution in [2.24, 2.45) is 5.73 Å². The molecule has 8 nitrogen and oxygen atoms in total. The predicted octanol–water partition coefficient (Wildman–Crippen LogP) is 0.936. The number of β-amino-alcohol motifs (C(OH)–C–C–N with tert-alkyl or cyclic N) is 1. The second-order valence-corrected chi connectivity index (χ2v) is 5.58. The third kappa shape index (κ3) is 2.65.